The lowest BCUT2D eigenvalue weighted by molar-refractivity contribution is -0.138. The fourth-order valence-electron chi connectivity index (χ4n) is 2.68. The molecule has 2 rings (SSSR count). The Morgan fingerprint density at radius 1 is 1.20 bits per heavy atom. The van der Waals surface area contributed by atoms with Gasteiger partial charge < -0.3 is 9.64 Å². The predicted molar refractivity (Wildman–Crippen MR) is 76.3 cm³/mol. The second-order valence-corrected chi connectivity index (χ2v) is 6.64. The highest BCUT2D eigenvalue weighted by molar-refractivity contribution is 5.92. The van der Waals surface area contributed by atoms with Crippen LogP contribution in [0.5, 0.6) is 0 Å². The second kappa shape index (κ2) is 5.11. The summed E-state index contributed by atoms with van der Waals surface area (Å²) in [6.07, 6.45) is 5.32. The molecule has 2 heterocycles. The van der Waals surface area contributed by atoms with Crippen LogP contribution in [0.25, 0.3) is 0 Å². The Morgan fingerprint density at radius 3 is 2.35 bits per heavy atom. The molecule has 0 spiro atoms. The third-order valence-corrected chi connectivity index (χ3v) is 3.73. The van der Waals surface area contributed by atoms with Crippen molar-refractivity contribution in [1.29, 1.82) is 0 Å². The highest BCUT2D eigenvalue weighted by atomic mass is 16.6. The summed E-state index contributed by atoms with van der Waals surface area (Å²) in [4.78, 5) is 28.3. The normalized spacial score (nSPS) is 26.2. The molecule has 112 valence electrons. The molecule has 1 saturated heterocycles. The number of amides is 2. The first-order valence-electron chi connectivity index (χ1n) is 7.22. The first-order chi connectivity index (χ1) is 9.24. The van der Waals surface area contributed by atoms with Crippen LogP contribution in [0, 0.1) is 0 Å². The molecule has 0 radical (unpaired) electrons. The Labute approximate surface area is 120 Å². The summed E-state index contributed by atoms with van der Waals surface area (Å²) in [7, 11) is 0. The molecule has 0 aliphatic carbocycles. The Hall–Kier alpha value is -1.52. The van der Waals surface area contributed by atoms with Gasteiger partial charge in [0.2, 0.25) is 0 Å². The van der Waals surface area contributed by atoms with Gasteiger partial charge in [-0.3, -0.25) is 9.69 Å². The van der Waals surface area contributed by atoms with Crippen LogP contribution < -0.4 is 0 Å². The number of hydrogen-bond donors (Lipinski definition) is 0. The van der Waals surface area contributed by atoms with E-state index in [4.69, 9.17) is 4.74 Å². The molecule has 2 aliphatic heterocycles. The van der Waals surface area contributed by atoms with E-state index in [1.54, 1.807) is 6.92 Å². The number of nitrogens with zero attached hydrogens (tertiary/aromatic N) is 2. The minimum absolute atomic E-state index is 0.00499. The maximum atomic E-state index is 12.7. The molecular formula is C15H24N2O3. The highest BCUT2D eigenvalue weighted by Crippen LogP contribution is 2.28. The van der Waals surface area contributed by atoms with Gasteiger partial charge in [-0.05, 0) is 40.5 Å². The van der Waals surface area contributed by atoms with E-state index in [0.717, 1.165) is 25.9 Å². The van der Waals surface area contributed by atoms with Crippen LogP contribution in [0.4, 0.5) is 4.79 Å². The monoisotopic (exact) mass is 280 g/mol. The molecular weight excluding hydrogens is 256 g/mol. The summed E-state index contributed by atoms with van der Waals surface area (Å²) < 4.78 is 5.41. The van der Waals surface area contributed by atoms with Crippen molar-refractivity contribution >= 4 is 12.0 Å². The lowest BCUT2D eigenvalue weighted by Crippen LogP contribution is -2.56. The number of hydrogen-bond acceptors (Lipinski definition) is 3. The number of ether oxygens (including phenoxy) is 1. The molecule has 0 aromatic carbocycles. The number of likely N-dealkylation sites (tertiary alicyclic amines) is 1. The second-order valence-electron chi connectivity index (χ2n) is 6.64. The van der Waals surface area contributed by atoms with Crippen molar-refractivity contribution in [3.63, 3.8) is 0 Å². The molecule has 2 aliphatic rings. The van der Waals surface area contributed by atoms with E-state index in [0.29, 0.717) is 6.54 Å². The van der Waals surface area contributed by atoms with Gasteiger partial charge in [-0.1, -0.05) is 12.2 Å². The molecule has 5 heteroatoms. The van der Waals surface area contributed by atoms with Crippen molar-refractivity contribution in [3.8, 4) is 0 Å². The van der Waals surface area contributed by atoms with Crippen molar-refractivity contribution in [3.05, 3.63) is 12.2 Å². The lowest BCUT2D eigenvalue weighted by Gasteiger charge is -2.37. The Balaban J connectivity index is 2.14. The predicted octanol–water partition coefficient (Wildman–Crippen LogP) is 2.17. The molecule has 1 atom stereocenters. The summed E-state index contributed by atoms with van der Waals surface area (Å²) in [6.45, 7) is 9.26. The quantitative estimate of drug-likeness (QED) is 0.692. The summed E-state index contributed by atoms with van der Waals surface area (Å²) in [6, 6.07) is 0. The first-order valence-corrected chi connectivity index (χ1v) is 7.22. The maximum Gasteiger partial charge on any atom is 0.411 e. The highest BCUT2D eigenvalue weighted by Gasteiger charge is 2.46. The summed E-state index contributed by atoms with van der Waals surface area (Å²) >= 11 is 0. The van der Waals surface area contributed by atoms with Crippen LogP contribution in [0.2, 0.25) is 0 Å². The third-order valence-electron chi connectivity index (χ3n) is 3.73. The first kappa shape index (κ1) is 14.9. The van der Waals surface area contributed by atoms with E-state index in [1.807, 2.05) is 37.8 Å². The SMILES string of the molecule is CC(C)(C)OC(=O)N1CC=CC1(C)C(=O)N1CCCC1. The van der Waals surface area contributed by atoms with Gasteiger partial charge >= 0.3 is 6.09 Å². The van der Waals surface area contributed by atoms with Gasteiger partial charge in [0, 0.05) is 19.6 Å². The zero-order chi connectivity index (χ0) is 15.0. The lowest BCUT2D eigenvalue weighted by atomic mass is 10.0. The van der Waals surface area contributed by atoms with Crippen molar-refractivity contribution in [2.24, 2.45) is 0 Å². The summed E-state index contributed by atoms with van der Waals surface area (Å²) in [5.74, 6) is -0.00499. The van der Waals surface area contributed by atoms with E-state index >= 15 is 0 Å². The van der Waals surface area contributed by atoms with Crippen molar-refractivity contribution in [1.82, 2.24) is 9.80 Å². The minimum Gasteiger partial charge on any atom is -0.444 e. The van der Waals surface area contributed by atoms with Crippen molar-refractivity contribution < 1.29 is 14.3 Å². The van der Waals surface area contributed by atoms with Gasteiger partial charge in [0.15, 0.2) is 0 Å². The average molecular weight is 280 g/mol. The van der Waals surface area contributed by atoms with E-state index in [2.05, 4.69) is 0 Å². The van der Waals surface area contributed by atoms with Crippen molar-refractivity contribution in [2.75, 3.05) is 19.6 Å². The largest absolute Gasteiger partial charge is 0.444 e. The van der Waals surface area contributed by atoms with E-state index in [9.17, 15) is 9.59 Å². The number of carbonyl (C=O) groups excluding carboxylic acids is 2. The third kappa shape index (κ3) is 2.81. The fourth-order valence-corrected chi connectivity index (χ4v) is 2.68. The number of rotatable bonds is 1. The molecule has 0 bridgehead atoms. The standard InChI is InChI=1S/C15H24N2O3/c1-14(2,3)20-13(19)17-11-7-8-15(17,4)12(18)16-9-5-6-10-16/h7-8H,5-6,9-11H2,1-4H3. The Morgan fingerprint density at radius 2 is 1.80 bits per heavy atom. The molecule has 1 fully saturated rings. The zero-order valence-corrected chi connectivity index (χ0v) is 12.8. The topological polar surface area (TPSA) is 49.9 Å². The van der Waals surface area contributed by atoms with Crippen LogP contribution in [-0.4, -0.2) is 52.6 Å². The summed E-state index contributed by atoms with van der Waals surface area (Å²) in [5, 5.41) is 0. The smallest absolute Gasteiger partial charge is 0.411 e. The van der Waals surface area contributed by atoms with Gasteiger partial charge in [-0.15, -0.1) is 0 Å². The van der Waals surface area contributed by atoms with Gasteiger partial charge in [-0.2, -0.15) is 0 Å². The van der Waals surface area contributed by atoms with Crippen LogP contribution in [0.15, 0.2) is 12.2 Å². The van der Waals surface area contributed by atoms with Gasteiger partial charge in [-0.25, -0.2) is 4.79 Å². The molecule has 2 amide bonds. The molecule has 0 aromatic heterocycles. The molecule has 1 unspecified atom stereocenters. The van der Waals surface area contributed by atoms with Crippen LogP contribution in [0.1, 0.15) is 40.5 Å². The molecule has 5 nitrogen and oxygen atoms in total. The van der Waals surface area contributed by atoms with Crippen LogP contribution in [-0.2, 0) is 9.53 Å². The van der Waals surface area contributed by atoms with E-state index in [-0.39, 0.29) is 5.91 Å². The van der Waals surface area contributed by atoms with E-state index in [1.165, 1.54) is 4.90 Å². The molecule has 0 N–H and O–H groups in total. The van der Waals surface area contributed by atoms with Gasteiger partial charge in [0.1, 0.15) is 11.1 Å². The van der Waals surface area contributed by atoms with Crippen molar-refractivity contribution in [2.45, 2.75) is 51.7 Å². The number of carbonyl (C=O) groups is 2. The van der Waals surface area contributed by atoms with Gasteiger partial charge in [0.25, 0.3) is 5.91 Å². The fraction of sp³-hybridized carbons (Fsp3) is 0.733. The van der Waals surface area contributed by atoms with E-state index < -0.39 is 17.2 Å². The van der Waals surface area contributed by atoms with Crippen LogP contribution >= 0.6 is 0 Å². The Kier molecular flexibility index (Phi) is 3.80. The Bertz CT molecular complexity index is 433. The zero-order valence-electron chi connectivity index (χ0n) is 12.8. The molecule has 20 heavy (non-hydrogen) atoms. The summed E-state index contributed by atoms with van der Waals surface area (Å²) in [5.41, 5.74) is -1.47. The molecule has 0 saturated carbocycles. The molecule has 0 aromatic rings. The van der Waals surface area contributed by atoms with Crippen LogP contribution in [0.3, 0.4) is 0 Å². The maximum absolute atomic E-state index is 12.7. The average Bonchev–Trinajstić information content (AvgIpc) is 2.94. The minimum atomic E-state index is -0.910. The van der Waals surface area contributed by atoms with Gasteiger partial charge in [0.05, 0.1) is 0 Å².